The average molecular weight is 269 g/mol. The van der Waals surface area contributed by atoms with Crippen molar-refractivity contribution in [2.24, 2.45) is 0 Å². The first-order valence-corrected chi connectivity index (χ1v) is 5.37. The number of alkyl halides is 3. The summed E-state index contributed by atoms with van der Waals surface area (Å²) in [6, 6.07) is 0. The summed E-state index contributed by atoms with van der Waals surface area (Å²) in [5.41, 5.74) is 1.30. The summed E-state index contributed by atoms with van der Waals surface area (Å²) in [7, 11) is 0. The van der Waals surface area contributed by atoms with Crippen LogP contribution in [0.25, 0.3) is 0 Å². The molecule has 7 heteroatoms. The quantitative estimate of drug-likeness (QED) is 0.785. The van der Waals surface area contributed by atoms with Crippen LogP contribution >= 0.6 is 11.6 Å². The molecule has 0 spiro atoms. The van der Waals surface area contributed by atoms with E-state index in [-0.39, 0.29) is 24.1 Å². The van der Waals surface area contributed by atoms with Gasteiger partial charge in [0.2, 0.25) is 0 Å². The Bertz CT molecular complexity index is 396. The van der Waals surface area contributed by atoms with Crippen molar-refractivity contribution >= 4 is 11.6 Å². The van der Waals surface area contributed by atoms with Gasteiger partial charge in [-0.2, -0.15) is 13.2 Å². The second-order valence-corrected chi connectivity index (χ2v) is 3.92. The Balaban J connectivity index is 2.50. The Labute approximate surface area is 102 Å². The van der Waals surface area contributed by atoms with Crippen molar-refractivity contribution in [1.29, 1.82) is 0 Å². The zero-order chi connectivity index (χ0) is 13.1. The molecule has 17 heavy (non-hydrogen) atoms. The van der Waals surface area contributed by atoms with Gasteiger partial charge in [-0.3, -0.25) is 0 Å². The van der Waals surface area contributed by atoms with Crippen molar-refractivity contribution in [3.63, 3.8) is 0 Å². The van der Waals surface area contributed by atoms with Gasteiger partial charge in [-0.05, 0) is 20.3 Å². The van der Waals surface area contributed by atoms with E-state index in [0.29, 0.717) is 11.4 Å². The summed E-state index contributed by atoms with van der Waals surface area (Å²) in [6.45, 7) is 3.37. The van der Waals surface area contributed by atoms with E-state index in [0.717, 1.165) is 0 Å². The lowest BCUT2D eigenvalue weighted by Crippen LogP contribution is -2.10. The Hall–Kier alpha value is -1.04. The van der Waals surface area contributed by atoms with Crippen molar-refractivity contribution in [3.8, 4) is 5.88 Å². The molecule has 0 saturated carbocycles. The van der Waals surface area contributed by atoms with Gasteiger partial charge in [0.05, 0.1) is 18.0 Å². The van der Waals surface area contributed by atoms with Gasteiger partial charge in [-0.25, -0.2) is 9.97 Å². The Kier molecular flexibility index (Phi) is 4.56. The zero-order valence-corrected chi connectivity index (χ0v) is 10.2. The molecule has 0 aromatic carbocycles. The van der Waals surface area contributed by atoms with E-state index in [1.165, 1.54) is 0 Å². The smallest absolute Gasteiger partial charge is 0.389 e. The first kappa shape index (κ1) is 14.0. The lowest BCUT2D eigenvalue weighted by molar-refractivity contribution is -0.136. The summed E-state index contributed by atoms with van der Waals surface area (Å²) >= 11 is 5.75. The molecule has 0 amide bonds. The van der Waals surface area contributed by atoms with Crippen LogP contribution in [0.1, 0.15) is 24.2 Å². The van der Waals surface area contributed by atoms with E-state index in [4.69, 9.17) is 16.3 Å². The highest BCUT2D eigenvalue weighted by molar-refractivity contribution is 6.30. The first-order valence-electron chi connectivity index (χ1n) is 5.00. The Morgan fingerprint density at radius 2 is 1.76 bits per heavy atom. The minimum absolute atomic E-state index is 0.0695. The monoisotopic (exact) mass is 268 g/mol. The minimum atomic E-state index is -4.16. The van der Waals surface area contributed by atoms with Gasteiger partial charge in [0.1, 0.15) is 0 Å². The molecule has 0 fully saturated rings. The average Bonchev–Trinajstić information content (AvgIpc) is 2.18. The Morgan fingerprint density at radius 1 is 1.18 bits per heavy atom. The molecule has 0 aliphatic heterocycles. The molecule has 96 valence electrons. The molecule has 3 nitrogen and oxygen atoms in total. The van der Waals surface area contributed by atoms with Crippen LogP contribution < -0.4 is 4.74 Å². The van der Waals surface area contributed by atoms with Crippen LogP contribution in [0.15, 0.2) is 0 Å². The molecule has 0 unspecified atom stereocenters. The van der Waals surface area contributed by atoms with Gasteiger partial charge in [-0.15, -0.1) is 0 Å². The lowest BCUT2D eigenvalue weighted by Gasteiger charge is -2.09. The van der Waals surface area contributed by atoms with Crippen molar-refractivity contribution in [1.82, 2.24) is 9.97 Å². The molecule has 0 saturated heterocycles. The number of aryl methyl sites for hydroxylation is 2. The van der Waals surface area contributed by atoms with Crippen LogP contribution in [0.4, 0.5) is 13.2 Å². The van der Waals surface area contributed by atoms with E-state index < -0.39 is 12.6 Å². The SMILES string of the molecule is Cc1nc(Cl)c(OCCCC(F)(F)F)nc1C. The standard InChI is InChI=1S/C10H12ClF3N2O/c1-6-7(2)16-9(8(11)15-6)17-5-3-4-10(12,13)14/h3-5H2,1-2H3. The first-order chi connectivity index (χ1) is 7.79. The molecule has 0 bridgehead atoms. The maximum absolute atomic E-state index is 11.9. The van der Waals surface area contributed by atoms with Gasteiger partial charge in [-0.1, -0.05) is 11.6 Å². The van der Waals surface area contributed by atoms with Crippen LogP contribution in [0.5, 0.6) is 5.88 Å². The van der Waals surface area contributed by atoms with Crippen LogP contribution in [-0.2, 0) is 0 Å². The summed E-state index contributed by atoms with van der Waals surface area (Å²) in [5, 5.41) is 0.0695. The second kappa shape index (κ2) is 5.53. The molecule has 0 N–H and O–H groups in total. The highest BCUT2D eigenvalue weighted by Gasteiger charge is 2.26. The summed E-state index contributed by atoms with van der Waals surface area (Å²) < 4.78 is 40.7. The predicted octanol–water partition coefficient (Wildman–Crippen LogP) is 3.47. The highest BCUT2D eigenvalue weighted by Crippen LogP contribution is 2.23. The maximum Gasteiger partial charge on any atom is 0.389 e. The Morgan fingerprint density at radius 3 is 2.35 bits per heavy atom. The van der Waals surface area contributed by atoms with Crippen LogP contribution in [0, 0.1) is 13.8 Å². The highest BCUT2D eigenvalue weighted by atomic mass is 35.5. The number of ether oxygens (including phenoxy) is 1. The van der Waals surface area contributed by atoms with E-state index in [1.54, 1.807) is 13.8 Å². The van der Waals surface area contributed by atoms with Gasteiger partial charge < -0.3 is 4.74 Å². The van der Waals surface area contributed by atoms with Gasteiger partial charge in [0.25, 0.3) is 5.88 Å². The van der Waals surface area contributed by atoms with Gasteiger partial charge in [0, 0.05) is 6.42 Å². The molecule has 1 rings (SSSR count). The maximum atomic E-state index is 11.9. The number of nitrogens with zero attached hydrogens (tertiary/aromatic N) is 2. The third-order valence-electron chi connectivity index (χ3n) is 2.08. The number of aromatic nitrogens is 2. The summed E-state index contributed by atoms with van der Waals surface area (Å²) in [6.07, 6.45) is -5.18. The third kappa shape index (κ3) is 4.77. The molecular weight excluding hydrogens is 257 g/mol. The molecule has 1 heterocycles. The molecule has 0 atom stereocenters. The molecule has 1 aromatic heterocycles. The minimum Gasteiger partial charge on any atom is -0.475 e. The normalized spacial score (nSPS) is 11.6. The largest absolute Gasteiger partial charge is 0.475 e. The molecule has 1 aromatic rings. The van der Waals surface area contributed by atoms with Crippen molar-refractivity contribution in [2.75, 3.05) is 6.61 Å². The lowest BCUT2D eigenvalue weighted by atomic mass is 10.3. The number of hydrogen-bond donors (Lipinski definition) is 0. The molecule has 0 aliphatic rings. The second-order valence-electron chi connectivity index (χ2n) is 3.56. The van der Waals surface area contributed by atoms with Crippen LogP contribution in [0.3, 0.4) is 0 Å². The fraction of sp³-hybridized carbons (Fsp3) is 0.600. The fourth-order valence-electron chi connectivity index (χ4n) is 1.09. The number of halogens is 4. The van der Waals surface area contributed by atoms with Crippen molar-refractivity contribution in [3.05, 3.63) is 16.5 Å². The molecular formula is C10H12ClF3N2O. The topological polar surface area (TPSA) is 35.0 Å². The third-order valence-corrected chi connectivity index (χ3v) is 2.32. The van der Waals surface area contributed by atoms with E-state index in [1.807, 2.05) is 0 Å². The summed E-state index contributed by atoms with van der Waals surface area (Å²) in [4.78, 5) is 7.96. The summed E-state index contributed by atoms with van der Waals surface area (Å²) in [5.74, 6) is 0.0805. The zero-order valence-electron chi connectivity index (χ0n) is 9.44. The van der Waals surface area contributed by atoms with E-state index in [9.17, 15) is 13.2 Å². The van der Waals surface area contributed by atoms with Gasteiger partial charge in [0.15, 0.2) is 5.15 Å². The van der Waals surface area contributed by atoms with E-state index in [2.05, 4.69) is 9.97 Å². The molecule has 0 radical (unpaired) electrons. The van der Waals surface area contributed by atoms with Crippen LogP contribution in [0.2, 0.25) is 5.15 Å². The fourth-order valence-corrected chi connectivity index (χ4v) is 1.31. The van der Waals surface area contributed by atoms with Crippen LogP contribution in [-0.4, -0.2) is 22.8 Å². The number of rotatable bonds is 4. The van der Waals surface area contributed by atoms with Crippen molar-refractivity contribution in [2.45, 2.75) is 32.9 Å². The molecule has 0 aliphatic carbocycles. The van der Waals surface area contributed by atoms with Crippen molar-refractivity contribution < 1.29 is 17.9 Å². The predicted molar refractivity (Wildman–Crippen MR) is 57.3 cm³/mol. The van der Waals surface area contributed by atoms with Gasteiger partial charge >= 0.3 is 6.18 Å². The van der Waals surface area contributed by atoms with E-state index >= 15 is 0 Å². The number of hydrogen-bond acceptors (Lipinski definition) is 3.